The molecule has 1 aromatic rings. The number of carbonyl (C=O) groups excluding carboxylic acids is 1. The van der Waals surface area contributed by atoms with Crippen molar-refractivity contribution in [2.75, 3.05) is 18.1 Å². The molecule has 0 bridgehead atoms. The van der Waals surface area contributed by atoms with Gasteiger partial charge in [0.1, 0.15) is 0 Å². The molecule has 7 nitrogen and oxygen atoms in total. The van der Waals surface area contributed by atoms with Crippen molar-refractivity contribution in [3.8, 4) is 0 Å². The van der Waals surface area contributed by atoms with Crippen LogP contribution >= 0.6 is 0 Å². The van der Waals surface area contributed by atoms with Crippen LogP contribution in [0.5, 0.6) is 0 Å². The fourth-order valence-electron chi connectivity index (χ4n) is 2.64. The Hall–Kier alpha value is -1.45. The van der Waals surface area contributed by atoms with Gasteiger partial charge in [-0.3, -0.25) is 4.79 Å². The van der Waals surface area contributed by atoms with Gasteiger partial charge < -0.3 is 5.32 Å². The van der Waals surface area contributed by atoms with Gasteiger partial charge in [-0.2, -0.15) is 0 Å². The third kappa shape index (κ3) is 5.79. The topological polar surface area (TPSA) is 109 Å². The fourth-order valence-corrected chi connectivity index (χ4v) is 5.69. The Morgan fingerprint density at radius 3 is 2.44 bits per heavy atom. The van der Waals surface area contributed by atoms with Gasteiger partial charge >= 0.3 is 0 Å². The second kappa shape index (κ2) is 8.29. The average molecular weight is 389 g/mol. The molecule has 1 aliphatic rings. The first kappa shape index (κ1) is 19.9. The number of rotatable bonds is 8. The van der Waals surface area contributed by atoms with Crippen LogP contribution in [0.15, 0.2) is 29.2 Å². The molecule has 2 rings (SSSR count). The number of unbranched alkanes of at least 4 members (excludes halogenated alkanes) is 2. The Bertz CT molecular complexity index is 801. The van der Waals surface area contributed by atoms with Crippen LogP contribution in [-0.4, -0.2) is 46.8 Å². The Kier molecular flexibility index (Phi) is 6.59. The maximum Gasteiger partial charge on any atom is 0.251 e. The van der Waals surface area contributed by atoms with Crippen molar-refractivity contribution < 1.29 is 21.6 Å². The van der Waals surface area contributed by atoms with E-state index in [9.17, 15) is 21.6 Å². The predicted molar refractivity (Wildman–Crippen MR) is 95.7 cm³/mol. The molecule has 1 unspecified atom stereocenters. The first-order valence-electron chi connectivity index (χ1n) is 8.34. The largest absolute Gasteiger partial charge is 0.352 e. The lowest BCUT2D eigenvalue weighted by molar-refractivity contribution is 0.0953. The highest BCUT2D eigenvalue weighted by molar-refractivity contribution is 7.92. The molecule has 0 aromatic heterocycles. The van der Waals surface area contributed by atoms with Gasteiger partial charge in [0.2, 0.25) is 10.0 Å². The van der Waals surface area contributed by atoms with E-state index in [-0.39, 0.29) is 28.7 Å². The predicted octanol–water partition coefficient (Wildman–Crippen LogP) is 1.07. The smallest absolute Gasteiger partial charge is 0.251 e. The molecule has 140 valence electrons. The minimum Gasteiger partial charge on any atom is -0.352 e. The van der Waals surface area contributed by atoms with Crippen LogP contribution in [0, 0.1) is 0 Å². The third-order valence-corrected chi connectivity index (χ3v) is 7.35. The lowest BCUT2D eigenvalue weighted by atomic mass is 10.2. The molecule has 0 spiro atoms. The monoisotopic (exact) mass is 388 g/mol. The molecule has 1 fully saturated rings. The van der Waals surface area contributed by atoms with E-state index in [0.717, 1.165) is 19.3 Å². The minimum atomic E-state index is -3.81. The van der Waals surface area contributed by atoms with E-state index in [0.29, 0.717) is 12.1 Å². The summed E-state index contributed by atoms with van der Waals surface area (Å²) < 4.78 is 49.9. The van der Waals surface area contributed by atoms with E-state index in [1.165, 1.54) is 24.3 Å². The molecule has 0 saturated carbocycles. The van der Waals surface area contributed by atoms with Crippen molar-refractivity contribution in [3.63, 3.8) is 0 Å². The van der Waals surface area contributed by atoms with E-state index in [2.05, 4.69) is 17.0 Å². The summed E-state index contributed by atoms with van der Waals surface area (Å²) >= 11 is 0. The van der Waals surface area contributed by atoms with Crippen LogP contribution in [0.25, 0.3) is 0 Å². The maximum absolute atomic E-state index is 12.3. The van der Waals surface area contributed by atoms with Gasteiger partial charge in [-0.15, -0.1) is 0 Å². The summed E-state index contributed by atoms with van der Waals surface area (Å²) in [4.78, 5) is 12.0. The Morgan fingerprint density at radius 1 is 1.20 bits per heavy atom. The van der Waals surface area contributed by atoms with E-state index in [4.69, 9.17) is 0 Å². The van der Waals surface area contributed by atoms with Gasteiger partial charge in [-0.05, 0) is 37.1 Å². The highest BCUT2D eigenvalue weighted by atomic mass is 32.2. The molecule has 1 heterocycles. The zero-order chi connectivity index (χ0) is 18.5. The minimum absolute atomic E-state index is 0.00265. The molecule has 1 amide bonds. The van der Waals surface area contributed by atoms with Crippen LogP contribution in [-0.2, 0) is 19.9 Å². The summed E-state index contributed by atoms with van der Waals surface area (Å²) in [5.41, 5.74) is 0.388. The van der Waals surface area contributed by atoms with Crippen molar-refractivity contribution in [2.45, 2.75) is 43.5 Å². The quantitative estimate of drug-likeness (QED) is 0.648. The summed E-state index contributed by atoms with van der Waals surface area (Å²) in [6, 6.07) is 5.01. The van der Waals surface area contributed by atoms with E-state index < -0.39 is 25.9 Å². The van der Waals surface area contributed by atoms with Gasteiger partial charge in [0, 0.05) is 18.2 Å². The number of sulfone groups is 1. The molecule has 1 aliphatic heterocycles. The highest BCUT2D eigenvalue weighted by Crippen LogP contribution is 2.16. The Labute approximate surface area is 149 Å². The van der Waals surface area contributed by atoms with Crippen molar-refractivity contribution in [1.82, 2.24) is 10.0 Å². The first-order chi connectivity index (χ1) is 11.7. The van der Waals surface area contributed by atoms with Crippen molar-refractivity contribution >= 4 is 25.8 Å². The number of hydrogen-bond donors (Lipinski definition) is 2. The number of nitrogens with one attached hydrogen (secondary N) is 2. The first-order valence-corrected chi connectivity index (χ1v) is 11.6. The normalized spacial score (nSPS) is 19.6. The molecule has 1 atom stereocenters. The van der Waals surface area contributed by atoms with Gasteiger partial charge in [0.05, 0.1) is 16.4 Å². The van der Waals surface area contributed by atoms with E-state index in [1.54, 1.807) is 0 Å². The second-order valence-electron chi connectivity index (χ2n) is 6.21. The molecule has 0 radical (unpaired) electrons. The van der Waals surface area contributed by atoms with E-state index >= 15 is 0 Å². The molecular formula is C16H24N2O5S2. The summed E-state index contributed by atoms with van der Waals surface area (Å²) in [6.07, 6.45) is 3.29. The second-order valence-corrected chi connectivity index (χ2v) is 10.2. The van der Waals surface area contributed by atoms with Crippen LogP contribution in [0.2, 0.25) is 0 Å². The number of carbonyl (C=O) groups is 1. The third-order valence-electron chi connectivity index (χ3n) is 4.05. The fraction of sp³-hybridized carbons (Fsp3) is 0.562. The van der Waals surface area contributed by atoms with Gasteiger partial charge in [-0.25, -0.2) is 21.6 Å². The molecule has 1 aromatic carbocycles. The highest BCUT2D eigenvalue weighted by Gasteiger charge is 2.31. The van der Waals surface area contributed by atoms with Gasteiger partial charge in [-0.1, -0.05) is 19.8 Å². The zero-order valence-electron chi connectivity index (χ0n) is 14.2. The lowest BCUT2D eigenvalue weighted by Crippen LogP contribution is -2.35. The van der Waals surface area contributed by atoms with Gasteiger partial charge in [0.15, 0.2) is 9.84 Å². The zero-order valence-corrected chi connectivity index (χ0v) is 15.8. The Balaban J connectivity index is 1.97. The number of sulfonamides is 1. The standard InChI is InChI=1S/C16H24N2O5S2/c1-2-3-4-10-17-16(19)13-5-7-15(8-6-13)25(22,23)18-14-9-11-24(20,21)12-14/h5-8,14,18H,2-4,9-12H2,1H3,(H,17,19). The van der Waals surface area contributed by atoms with Crippen molar-refractivity contribution in [3.05, 3.63) is 29.8 Å². The summed E-state index contributed by atoms with van der Waals surface area (Å²) in [7, 11) is -6.97. The number of benzene rings is 1. The summed E-state index contributed by atoms with van der Waals surface area (Å²) in [5.74, 6) is -0.420. The molecule has 1 saturated heterocycles. The van der Waals surface area contributed by atoms with Crippen molar-refractivity contribution in [1.29, 1.82) is 0 Å². The Morgan fingerprint density at radius 2 is 1.88 bits per heavy atom. The maximum atomic E-state index is 12.3. The van der Waals surface area contributed by atoms with Crippen LogP contribution in [0.4, 0.5) is 0 Å². The lowest BCUT2D eigenvalue weighted by Gasteiger charge is -2.12. The molecular weight excluding hydrogens is 364 g/mol. The number of hydrogen-bond acceptors (Lipinski definition) is 5. The van der Waals surface area contributed by atoms with Crippen LogP contribution < -0.4 is 10.0 Å². The SMILES string of the molecule is CCCCCNC(=O)c1ccc(S(=O)(=O)NC2CCS(=O)(=O)C2)cc1. The van der Waals surface area contributed by atoms with Crippen LogP contribution in [0.3, 0.4) is 0 Å². The summed E-state index contributed by atoms with van der Waals surface area (Å²) in [5, 5.41) is 2.79. The van der Waals surface area contributed by atoms with Crippen molar-refractivity contribution in [2.24, 2.45) is 0 Å². The van der Waals surface area contributed by atoms with Crippen LogP contribution in [0.1, 0.15) is 43.0 Å². The molecule has 2 N–H and O–H groups in total. The van der Waals surface area contributed by atoms with E-state index in [1.807, 2.05) is 0 Å². The molecule has 9 heteroatoms. The number of amides is 1. The summed E-state index contributed by atoms with van der Waals surface area (Å²) in [6.45, 7) is 2.67. The molecule has 0 aliphatic carbocycles. The van der Waals surface area contributed by atoms with Gasteiger partial charge in [0.25, 0.3) is 5.91 Å². The molecule has 25 heavy (non-hydrogen) atoms. The average Bonchev–Trinajstić information content (AvgIpc) is 2.89.